The van der Waals surface area contributed by atoms with E-state index in [9.17, 15) is 5.26 Å². The Kier molecular flexibility index (Phi) is 4.29. The third-order valence-corrected chi connectivity index (χ3v) is 5.13. The lowest BCUT2D eigenvalue weighted by atomic mass is 9.72. The molecule has 0 bridgehead atoms. The van der Waals surface area contributed by atoms with Gasteiger partial charge in [0.2, 0.25) is 11.7 Å². The Morgan fingerprint density at radius 1 is 1.43 bits per heavy atom. The maximum Gasteiger partial charge on any atom is 0.218 e. The largest absolute Gasteiger partial charge is 0.446 e. The van der Waals surface area contributed by atoms with Crippen LogP contribution in [0.15, 0.2) is 41.8 Å². The highest BCUT2D eigenvalue weighted by Gasteiger charge is 2.54. The Labute approximate surface area is 137 Å². The lowest BCUT2D eigenvalue weighted by Crippen LogP contribution is -2.58. The van der Waals surface area contributed by atoms with Crippen LogP contribution in [0.4, 0.5) is 0 Å². The summed E-state index contributed by atoms with van der Waals surface area (Å²) in [5.41, 5.74) is 7.68. The summed E-state index contributed by atoms with van der Waals surface area (Å²) in [5, 5.41) is 9.64. The van der Waals surface area contributed by atoms with E-state index in [1.807, 2.05) is 30.3 Å². The van der Waals surface area contributed by atoms with Crippen LogP contribution in [0.5, 0.6) is 0 Å². The molecule has 1 aromatic rings. The molecule has 1 saturated heterocycles. The molecule has 0 saturated carbocycles. The van der Waals surface area contributed by atoms with Crippen LogP contribution in [-0.4, -0.2) is 37.4 Å². The average Bonchev–Trinajstić information content (AvgIpc) is 2.60. The molecule has 2 aliphatic heterocycles. The number of hydrogen-bond acceptors (Lipinski definition) is 5. The molecule has 5 heteroatoms. The van der Waals surface area contributed by atoms with Gasteiger partial charge in [-0.3, -0.25) is 0 Å². The van der Waals surface area contributed by atoms with Crippen LogP contribution in [0.2, 0.25) is 0 Å². The highest BCUT2D eigenvalue weighted by molar-refractivity contribution is 5.41. The van der Waals surface area contributed by atoms with Gasteiger partial charge in [0, 0.05) is 38.5 Å². The molecular weight excluding hydrogens is 290 g/mol. The number of allylic oxidation sites excluding steroid dienone is 1. The number of nitrogens with two attached hydrogens (primary N) is 1. The van der Waals surface area contributed by atoms with Gasteiger partial charge in [-0.25, -0.2) is 0 Å². The Morgan fingerprint density at radius 2 is 2.17 bits per heavy atom. The lowest BCUT2D eigenvalue weighted by molar-refractivity contribution is -0.265. The van der Waals surface area contributed by atoms with Gasteiger partial charge < -0.3 is 20.1 Å². The molecule has 2 N–H and O–H groups in total. The Bertz CT molecular complexity index is 637. The van der Waals surface area contributed by atoms with E-state index in [0.717, 1.165) is 31.6 Å². The van der Waals surface area contributed by atoms with Gasteiger partial charge in [0.15, 0.2) is 0 Å². The number of ether oxygens (including phenoxy) is 2. The SMILES string of the molecule is CCN1CC[C@@]2(OC)OC(N)=C(C#N)[C@@H](c3ccccc3)[C@@H]2C1. The highest BCUT2D eigenvalue weighted by Crippen LogP contribution is 2.49. The molecule has 3 atom stereocenters. The second-order valence-electron chi connectivity index (χ2n) is 6.15. The van der Waals surface area contributed by atoms with E-state index in [1.54, 1.807) is 7.11 Å². The van der Waals surface area contributed by atoms with E-state index < -0.39 is 5.79 Å². The molecule has 1 fully saturated rings. The summed E-state index contributed by atoms with van der Waals surface area (Å²) in [6.45, 7) is 4.84. The quantitative estimate of drug-likeness (QED) is 0.926. The number of benzene rings is 1. The van der Waals surface area contributed by atoms with Crippen LogP contribution in [0.25, 0.3) is 0 Å². The smallest absolute Gasteiger partial charge is 0.218 e. The first-order valence-corrected chi connectivity index (χ1v) is 8.06. The number of rotatable bonds is 3. The van der Waals surface area contributed by atoms with E-state index in [1.165, 1.54) is 0 Å². The van der Waals surface area contributed by atoms with E-state index in [2.05, 4.69) is 17.9 Å². The molecule has 0 unspecified atom stereocenters. The minimum absolute atomic E-state index is 0.0329. The summed E-state index contributed by atoms with van der Waals surface area (Å²) in [4.78, 5) is 2.37. The summed E-state index contributed by atoms with van der Waals surface area (Å²) < 4.78 is 11.8. The minimum Gasteiger partial charge on any atom is -0.446 e. The van der Waals surface area contributed by atoms with Crippen LogP contribution >= 0.6 is 0 Å². The number of nitriles is 1. The number of likely N-dealkylation sites (tertiary alicyclic amines) is 1. The van der Waals surface area contributed by atoms with Gasteiger partial charge in [-0.15, -0.1) is 0 Å². The maximum absolute atomic E-state index is 9.64. The van der Waals surface area contributed by atoms with Crippen molar-refractivity contribution in [2.75, 3.05) is 26.7 Å². The standard InChI is InChI=1S/C18H23N3O2/c1-3-21-10-9-18(22-2)15(12-21)16(13-7-5-4-6-8-13)14(11-19)17(20)23-18/h4-8,15-16H,3,9-10,12,20H2,1-2H3/t15-,16+,18+/m0/s1. The maximum atomic E-state index is 9.64. The topological polar surface area (TPSA) is 71.5 Å². The molecular formula is C18H23N3O2. The zero-order chi connectivity index (χ0) is 16.4. The van der Waals surface area contributed by atoms with Crippen molar-refractivity contribution in [2.24, 2.45) is 11.7 Å². The van der Waals surface area contributed by atoms with Crippen molar-refractivity contribution in [3.63, 3.8) is 0 Å². The van der Waals surface area contributed by atoms with Gasteiger partial charge in [0.05, 0.1) is 5.57 Å². The first kappa shape index (κ1) is 15.9. The normalized spacial score (nSPS) is 31.2. The monoisotopic (exact) mass is 313 g/mol. The summed E-state index contributed by atoms with van der Waals surface area (Å²) in [5.74, 6) is -0.629. The third kappa shape index (κ3) is 2.58. The molecule has 0 aromatic heterocycles. The van der Waals surface area contributed by atoms with E-state index in [4.69, 9.17) is 15.2 Å². The number of methoxy groups -OCH3 is 1. The Balaban J connectivity index is 2.11. The van der Waals surface area contributed by atoms with Crippen LogP contribution in [-0.2, 0) is 9.47 Å². The van der Waals surface area contributed by atoms with Gasteiger partial charge in [-0.1, -0.05) is 37.3 Å². The second kappa shape index (κ2) is 6.23. The van der Waals surface area contributed by atoms with Crippen molar-refractivity contribution in [3.8, 4) is 6.07 Å². The fourth-order valence-corrected chi connectivity index (χ4v) is 3.86. The Morgan fingerprint density at radius 3 is 2.78 bits per heavy atom. The van der Waals surface area contributed by atoms with E-state index in [0.29, 0.717) is 5.57 Å². The molecule has 0 amide bonds. The van der Waals surface area contributed by atoms with Gasteiger partial charge in [-0.05, 0) is 12.1 Å². The van der Waals surface area contributed by atoms with Crippen molar-refractivity contribution in [3.05, 3.63) is 47.4 Å². The van der Waals surface area contributed by atoms with Gasteiger partial charge in [-0.2, -0.15) is 5.26 Å². The van der Waals surface area contributed by atoms with Crippen molar-refractivity contribution < 1.29 is 9.47 Å². The third-order valence-electron chi connectivity index (χ3n) is 5.13. The summed E-state index contributed by atoms with van der Waals surface area (Å²) >= 11 is 0. The molecule has 5 nitrogen and oxygen atoms in total. The summed E-state index contributed by atoms with van der Waals surface area (Å²) in [7, 11) is 1.67. The van der Waals surface area contributed by atoms with Gasteiger partial charge in [0.25, 0.3) is 0 Å². The van der Waals surface area contributed by atoms with Crippen LogP contribution in [0.3, 0.4) is 0 Å². The lowest BCUT2D eigenvalue weighted by Gasteiger charge is -2.51. The Hall–Kier alpha value is -2.03. The average molecular weight is 313 g/mol. The van der Waals surface area contributed by atoms with Gasteiger partial charge in [0.1, 0.15) is 6.07 Å². The predicted molar refractivity (Wildman–Crippen MR) is 87.1 cm³/mol. The van der Waals surface area contributed by atoms with Crippen LogP contribution < -0.4 is 5.73 Å². The predicted octanol–water partition coefficient (Wildman–Crippen LogP) is 2.18. The van der Waals surface area contributed by atoms with Crippen molar-refractivity contribution in [2.45, 2.75) is 25.0 Å². The van der Waals surface area contributed by atoms with Crippen LogP contribution in [0.1, 0.15) is 24.8 Å². The zero-order valence-electron chi connectivity index (χ0n) is 13.7. The molecule has 122 valence electrons. The minimum atomic E-state index is -0.753. The van der Waals surface area contributed by atoms with Crippen molar-refractivity contribution in [1.29, 1.82) is 5.26 Å². The van der Waals surface area contributed by atoms with E-state index >= 15 is 0 Å². The molecule has 2 heterocycles. The molecule has 0 aliphatic carbocycles. The molecule has 1 aromatic carbocycles. The molecule has 23 heavy (non-hydrogen) atoms. The van der Waals surface area contributed by atoms with E-state index in [-0.39, 0.29) is 17.7 Å². The fraction of sp³-hybridized carbons (Fsp3) is 0.500. The van der Waals surface area contributed by atoms with Gasteiger partial charge >= 0.3 is 0 Å². The molecule has 0 spiro atoms. The number of nitrogens with zero attached hydrogens (tertiary/aromatic N) is 2. The molecule has 0 radical (unpaired) electrons. The highest BCUT2D eigenvalue weighted by atomic mass is 16.7. The zero-order valence-corrected chi connectivity index (χ0v) is 13.7. The first-order valence-electron chi connectivity index (χ1n) is 8.06. The van der Waals surface area contributed by atoms with Crippen molar-refractivity contribution in [1.82, 2.24) is 4.90 Å². The number of hydrogen-bond donors (Lipinski definition) is 1. The second-order valence-corrected chi connectivity index (χ2v) is 6.15. The fourth-order valence-electron chi connectivity index (χ4n) is 3.86. The summed E-state index contributed by atoms with van der Waals surface area (Å²) in [6, 6.07) is 12.3. The molecule has 3 rings (SSSR count). The van der Waals surface area contributed by atoms with Crippen LogP contribution in [0, 0.1) is 17.2 Å². The summed E-state index contributed by atoms with van der Waals surface area (Å²) in [6.07, 6.45) is 0.741. The number of piperidine rings is 1. The molecule has 2 aliphatic rings. The van der Waals surface area contributed by atoms with Crippen molar-refractivity contribution >= 4 is 0 Å². The number of fused-ring (bicyclic) bond motifs is 1. The first-order chi connectivity index (χ1) is 11.1.